The SMILES string of the molecule is O=C(C1=C(c2cc(Cl)ccc2O)Nc2ccccc2S1)c1cccs1. The second-order valence-corrected chi connectivity index (χ2v) is 7.83. The lowest BCUT2D eigenvalue weighted by Crippen LogP contribution is -2.12. The van der Waals surface area contributed by atoms with Crippen molar-refractivity contribution < 1.29 is 9.90 Å². The summed E-state index contributed by atoms with van der Waals surface area (Å²) in [6, 6.07) is 16.2. The summed E-state index contributed by atoms with van der Waals surface area (Å²) in [7, 11) is 0. The summed E-state index contributed by atoms with van der Waals surface area (Å²) >= 11 is 8.91. The van der Waals surface area contributed by atoms with Gasteiger partial charge in [0.05, 0.1) is 21.2 Å². The van der Waals surface area contributed by atoms with Gasteiger partial charge in [0.25, 0.3) is 0 Å². The van der Waals surface area contributed by atoms with Crippen LogP contribution in [0.5, 0.6) is 5.75 Å². The molecule has 1 aliphatic heterocycles. The molecule has 25 heavy (non-hydrogen) atoms. The number of nitrogens with one attached hydrogen (secondary N) is 1. The Morgan fingerprint density at radius 3 is 2.72 bits per heavy atom. The number of rotatable bonds is 3. The van der Waals surface area contributed by atoms with Gasteiger partial charge in [0.2, 0.25) is 5.78 Å². The van der Waals surface area contributed by atoms with E-state index in [9.17, 15) is 9.90 Å². The number of ketones is 1. The maximum Gasteiger partial charge on any atom is 0.211 e. The molecule has 3 nitrogen and oxygen atoms in total. The average Bonchev–Trinajstić information content (AvgIpc) is 3.17. The predicted octanol–water partition coefficient (Wildman–Crippen LogP) is 5.88. The van der Waals surface area contributed by atoms with E-state index in [1.54, 1.807) is 18.2 Å². The molecule has 0 saturated heterocycles. The smallest absolute Gasteiger partial charge is 0.211 e. The van der Waals surface area contributed by atoms with E-state index in [2.05, 4.69) is 5.32 Å². The highest BCUT2D eigenvalue weighted by molar-refractivity contribution is 8.04. The molecule has 1 aliphatic rings. The van der Waals surface area contributed by atoms with Gasteiger partial charge in [-0.25, -0.2) is 0 Å². The summed E-state index contributed by atoms with van der Waals surface area (Å²) in [6.07, 6.45) is 0. The Morgan fingerprint density at radius 1 is 1.08 bits per heavy atom. The molecule has 0 amide bonds. The number of allylic oxidation sites excluding steroid dienone is 1. The van der Waals surface area contributed by atoms with Crippen LogP contribution in [0.15, 0.2) is 69.8 Å². The van der Waals surface area contributed by atoms with Gasteiger partial charge in [0.15, 0.2) is 0 Å². The first-order valence-corrected chi connectivity index (χ1v) is 9.56. The highest BCUT2D eigenvalue weighted by Gasteiger charge is 2.27. The monoisotopic (exact) mass is 385 g/mol. The first-order chi connectivity index (χ1) is 12.1. The van der Waals surface area contributed by atoms with Crippen LogP contribution in [-0.2, 0) is 0 Å². The van der Waals surface area contributed by atoms with E-state index in [0.29, 0.717) is 26.1 Å². The molecule has 0 aliphatic carbocycles. The molecule has 2 heterocycles. The lowest BCUT2D eigenvalue weighted by Gasteiger charge is -2.24. The number of aromatic hydroxyl groups is 1. The standard InChI is InChI=1S/C19H12ClNO2S2/c20-11-7-8-14(22)12(10-11)17-19(18(23)16-6-3-9-24-16)25-15-5-2-1-4-13(15)21-17/h1-10,21-22H. The lowest BCUT2D eigenvalue weighted by molar-refractivity contribution is 0.104. The first-order valence-electron chi connectivity index (χ1n) is 7.49. The Morgan fingerprint density at radius 2 is 1.92 bits per heavy atom. The minimum Gasteiger partial charge on any atom is -0.507 e. The number of carbonyl (C=O) groups excluding carboxylic acids is 1. The van der Waals surface area contributed by atoms with Gasteiger partial charge >= 0.3 is 0 Å². The molecule has 0 bridgehead atoms. The number of carbonyl (C=O) groups is 1. The number of hydrogen-bond acceptors (Lipinski definition) is 5. The van der Waals surface area contributed by atoms with E-state index < -0.39 is 0 Å². The fourth-order valence-corrected chi connectivity index (χ4v) is 4.56. The van der Waals surface area contributed by atoms with Crippen LogP contribution in [0.3, 0.4) is 0 Å². The normalized spacial score (nSPS) is 13.3. The molecular weight excluding hydrogens is 374 g/mol. The molecule has 0 saturated carbocycles. The number of para-hydroxylation sites is 1. The Bertz CT molecular complexity index is 996. The Balaban J connectivity index is 1.90. The van der Waals surface area contributed by atoms with Crippen LogP contribution in [0.1, 0.15) is 15.2 Å². The van der Waals surface area contributed by atoms with Gasteiger partial charge in [-0.05, 0) is 41.8 Å². The van der Waals surface area contributed by atoms with Crippen molar-refractivity contribution in [2.24, 2.45) is 0 Å². The van der Waals surface area contributed by atoms with Crippen LogP contribution in [0.4, 0.5) is 5.69 Å². The van der Waals surface area contributed by atoms with Gasteiger partial charge in [0.1, 0.15) is 5.75 Å². The second-order valence-electron chi connectivity index (χ2n) is 5.40. The minimum atomic E-state index is -0.0728. The molecule has 0 unspecified atom stereocenters. The number of benzene rings is 2. The molecule has 0 spiro atoms. The molecule has 124 valence electrons. The summed E-state index contributed by atoms with van der Waals surface area (Å²) < 4.78 is 0. The number of halogens is 1. The molecule has 0 atom stereocenters. The summed E-state index contributed by atoms with van der Waals surface area (Å²) in [4.78, 5) is 15.2. The highest BCUT2D eigenvalue weighted by atomic mass is 35.5. The lowest BCUT2D eigenvalue weighted by atomic mass is 10.1. The van der Waals surface area contributed by atoms with Crippen molar-refractivity contribution in [3.8, 4) is 5.75 Å². The maximum atomic E-state index is 13.0. The third-order valence-corrected chi connectivity index (χ3v) is 6.04. The largest absolute Gasteiger partial charge is 0.507 e. The van der Waals surface area contributed by atoms with Crippen molar-refractivity contribution in [2.75, 3.05) is 5.32 Å². The van der Waals surface area contributed by atoms with E-state index in [0.717, 1.165) is 10.6 Å². The van der Waals surface area contributed by atoms with Crippen LogP contribution in [0.2, 0.25) is 5.02 Å². The Hall–Kier alpha value is -2.21. The van der Waals surface area contributed by atoms with Crippen molar-refractivity contribution in [1.29, 1.82) is 0 Å². The Labute approximate surface area is 158 Å². The number of anilines is 1. The number of phenols is 1. The molecule has 2 aromatic carbocycles. The van der Waals surface area contributed by atoms with Crippen molar-refractivity contribution in [2.45, 2.75) is 4.90 Å². The van der Waals surface area contributed by atoms with E-state index in [1.165, 1.54) is 29.2 Å². The number of Topliss-reactive ketones (excluding diaryl/α,β-unsaturated/α-hetero) is 1. The van der Waals surface area contributed by atoms with Crippen LogP contribution < -0.4 is 5.32 Å². The first kappa shape index (κ1) is 16.3. The number of phenolic OH excluding ortho intramolecular Hbond substituents is 1. The fraction of sp³-hybridized carbons (Fsp3) is 0. The van der Waals surface area contributed by atoms with Gasteiger partial charge in [-0.1, -0.05) is 41.6 Å². The number of thioether (sulfide) groups is 1. The van der Waals surface area contributed by atoms with Gasteiger partial charge in [-0.2, -0.15) is 0 Å². The van der Waals surface area contributed by atoms with Gasteiger partial charge in [-0.15, -0.1) is 11.3 Å². The zero-order chi connectivity index (χ0) is 17.4. The van der Waals surface area contributed by atoms with E-state index in [1.807, 2.05) is 35.7 Å². The third kappa shape index (κ3) is 3.06. The van der Waals surface area contributed by atoms with Gasteiger partial charge < -0.3 is 10.4 Å². The summed E-state index contributed by atoms with van der Waals surface area (Å²) in [6.45, 7) is 0. The summed E-state index contributed by atoms with van der Waals surface area (Å²) in [5.74, 6) is -0.000241. The molecular formula is C19H12ClNO2S2. The fourth-order valence-electron chi connectivity index (χ4n) is 2.59. The Kier molecular flexibility index (Phi) is 4.29. The molecule has 2 N–H and O–H groups in total. The van der Waals surface area contributed by atoms with Gasteiger partial charge in [-0.3, -0.25) is 4.79 Å². The maximum absolute atomic E-state index is 13.0. The van der Waals surface area contributed by atoms with Crippen molar-refractivity contribution >= 4 is 51.9 Å². The van der Waals surface area contributed by atoms with Crippen LogP contribution in [0, 0.1) is 0 Å². The number of thiophene rings is 1. The minimum absolute atomic E-state index is 0.0726. The molecule has 6 heteroatoms. The molecule has 4 rings (SSSR count). The quantitative estimate of drug-likeness (QED) is 0.553. The second kappa shape index (κ2) is 6.59. The van der Waals surface area contributed by atoms with Crippen molar-refractivity contribution in [1.82, 2.24) is 0 Å². The van der Waals surface area contributed by atoms with E-state index >= 15 is 0 Å². The molecule has 1 aromatic heterocycles. The average molecular weight is 386 g/mol. The summed E-state index contributed by atoms with van der Waals surface area (Å²) in [5, 5.41) is 16.0. The highest BCUT2D eigenvalue weighted by Crippen LogP contribution is 2.45. The predicted molar refractivity (Wildman–Crippen MR) is 105 cm³/mol. The van der Waals surface area contributed by atoms with Crippen molar-refractivity contribution in [3.63, 3.8) is 0 Å². The zero-order valence-corrected chi connectivity index (χ0v) is 15.2. The van der Waals surface area contributed by atoms with E-state index in [4.69, 9.17) is 11.6 Å². The molecule has 0 radical (unpaired) electrons. The summed E-state index contributed by atoms with van der Waals surface area (Å²) in [5.41, 5.74) is 1.97. The van der Waals surface area contributed by atoms with Gasteiger partial charge in [0, 0.05) is 15.5 Å². The van der Waals surface area contributed by atoms with Crippen LogP contribution in [0.25, 0.3) is 5.70 Å². The van der Waals surface area contributed by atoms with Crippen molar-refractivity contribution in [3.05, 3.63) is 80.3 Å². The van der Waals surface area contributed by atoms with E-state index in [-0.39, 0.29) is 11.5 Å². The van der Waals surface area contributed by atoms with Crippen LogP contribution >= 0.6 is 34.7 Å². The third-order valence-electron chi connectivity index (χ3n) is 3.76. The topological polar surface area (TPSA) is 49.3 Å². The number of hydrogen-bond donors (Lipinski definition) is 2. The number of fused-ring (bicyclic) bond motifs is 1. The molecule has 0 fully saturated rings. The molecule has 3 aromatic rings. The van der Waals surface area contributed by atoms with Crippen LogP contribution in [-0.4, -0.2) is 10.9 Å². The zero-order valence-electron chi connectivity index (χ0n) is 12.8.